The summed E-state index contributed by atoms with van der Waals surface area (Å²) in [5, 5.41) is 3.13. The maximum atomic E-state index is 13.3. The van der Waals surface area contributed by atoms with E-state index in [0.29, 0.717) is 6.54 Å². The van der Waals surface area contributed by atoms with Crippen LogP contribution in [0.1, 0.15) is 25.5 Å². The Morgan fingerprint density at radius 1 is 1.06 bits per heavy atom. The molecule has 0 radical (unpaired) electrons. The number of amides is 1. The van der Waals surface area contributed by atoms with Crippen LogP contribution in [-0.2, 0) is 4.79 Å². The van der Waals surface area contributed by atoms with Crippen LogP contribution in [0, 0.1) is 11.2 Å². The predicted octanol–water partition coefficient (Wildman–Crippen LogP) is 4.14. The van der Waals surface area contributed by atoms with Crippen molar-refractivity contribution in [1.82, 2.24) is 10.2 Å². The fraction of sp³-hybridized carbons (Fsp3) is 0.480. The number of carbonyl (C=O) groups excluding carboxylic acids is 1. The number of hydrogen-bond acceptors (Lipinski definition) is 4. The lowest BCUT2D eigenvalue weighted by Crippen LogP contribution is -2.50. The smallest absolute Gasteiger partial charge is 0.226 e. The quantitative estimate of drug-likeness (QED) is 0.601. The fourth-order valence-corrected chi connectivity index (χ4v) is 4.01. The molecule has 1 N–H and O–H groups in total. The van der Waals surface area contributed by atoms with Crippen LogP contribution in [0.15, 0.2) is 48.5 Å². The highest BCUT2D eigenvalue weighted by molar-refractivity contribution is 6.19. The SMILES string of the molecule is CN(C)c1ccc([C@H](CNC(=O)C(C)(C)CCl)N2CCN(c3ccc(F)cc3)CC2)cc1. The second kappa shape index (κ2) is 10.5. The normalized spacial score (nSPS) is 16.0. The lowest BCUT2D eigenvalue weighted by atomic mass is 9.94. The number of anilines is 2. The van der Waals surface area contributed by atoms with Crippen LogP contribution in [0.4, 0.5) is 15.8 Å². The molecule has 1 saturated heterocycles. The molecular formula is C25H34ClFN4O. The lowest BCUT2D eigenvalue weighted by molar-refractivity contribution is -0.128. The summed E-state index contributed by atoms with van der Waals surface area (Å²) in [5.41, 5.74) is 2.74. The van der Waals surface area contributed by atoms with E-state index in [0.717, 1.165) is 37.6 Å². The molecule has 174 valence electrons. The van der Waals surface area contributed by atoms with E-state index in [4.69, 9.17) is 11.6 Å². The summed E-state index contributed by atoms with van der Waals surface area (Å²) < 4.78 is 13.3. The Kier molecular flexibility index (Phi) is 8.01. The zero-order chi connectivity index (χ0) is 23.3. The molecule has 5 nitrogen and oxygen atoms in total. The topological polar surface area (TPSA) is 38.8 Å². The number of nitrogens with zero attached hydrogens (tertiary/aromatic N) is 3. The van der Waals surface area contributed by atoms with E-state index in [2.05, 4.69) is 44.3 Å². The fourth-order valence-electron chi connectivity index (χ4n) is 3.89. The molecule has 1 amide bonds. The number of rotatable bonds is 8. The number of carbonyl (C=O) groups is 1. The largest absolute Gasteiger partial charge is 0.378 e. The molecule has 2 aromatic rings. The van der Waals surface area contributed by atoms with Gasteiger partial charge in [-0.15, -0.1) is 11.6 Å². The average Bonchev–Trinajstić information content (AvgIpc) is 2.80. The minimum atomic E-state index is -0.609. The zero-order valence-electron chi connectivity index (χ0n) is 19.4. The summed E-state index contributed by atoms with van der Waals surface area (Å²) in [6, 6.07) is 15.3. The molecule has 7 heteroatoms. The van der Waals surface area contributed by atoms with Gasteiger partial charge in [-0.25, -0.2) is 4.39 Å². The molecule has 0 aromatic heterocycles. The Morgan fingerprint density at radius 3 is 2.19 bits per heavy atom. The van der Waals surface area contributed by atoms with Crippen LogP contribution in [0.3, 0.4) is 0 Å². The Bertz CT molecular complexity index is 878. The van der Waals surface area contributed by atoms with E-state index in [9.17, 15) is 9.18 Å². The summed E-state index contributed by atoms with van der Waals surface area (Å²) >= 11 is 6.00. The van der Waals surface area contributed by atoms with E-state index >= 15 is 0 Å². The molecule has 0 unspecified atom stereocenters. The van der Waals surface area contributed by atoms with Crippen molar-refractivity contribution >= 4 is 28.9 Å². The Labute approximate surface area is 196 Å². The van der Waals surface area contributed by atoms with Gasteiger partial charge in [-0.05, 0) is 55.8 Å². The molecule has 0 aliphatic carbocycles. The average molecular weight is 461 g/mol. The number of halogens is 2. The minimum absolute atomic E-state index is 0.0349. The van der Waals surface area contributed by atoms with Gasteiger partial charge in [0.25, 0.3) is 0 Å². The van der Waals surface area contributed by atoms with Crippen molar-refractivity contribution in [1.29, 1.82) is 0 Å². The third-order valence-electron chi connectivity index (χ3n) is 6.15. The van der Waals surface area contributed by atoms with Crippen molar-refractivity contribution in [3.8, 4) is 0 Å². The summed E-state index contributed by atoms with van der Waals surface area (Å²) in [6.07, 6.45) is 0. The number of alkyl halides is 1. The van der Waals surface area contributed by atoms with Crippen LogP contribution in [0.5, 0.6) is 0 Å². The second-order valence-electron chi connectivity index (χ2n) is 9.23. The first kappa shape index (κ1) is 24.3. The highest BCUT2D eigenvalue weighted by Gasteiger charge is 2.30. The number of benzene rings is 2. The summed E-state index contributed by atoms with van der Waals surface area (Å²) in [7, 11) is 4.05. The van der Waals surface area contributed by atoms with Crippen molar-refractivity contribution in [2.45, 2.75) is 19.9 Å². The minimum Gasteiger partial charge on any atom is -0.378 e. The molecule has 0 spiro atoms. The van der Waals surface area contributed by atoms with Crippen LogP contribution < -0.4 is 15.1 Å². The van der Waals surface area contributed by atoms with Gasteiger partial charge in [0.2, 0.25) is 5.91 Å². The third-order valence-corrected chi connectivity index (χ3v) is 6.81. The summed E-state index contributed by atoms with van der Waals surface area (Å²) in [6.45, 7) is 7.64. The molecule has 1 heterocycles. The maximum absolute atomic E-state index is 13.3. The van der Waals surface area contributed by atoms with Gasteiger partial charge < -0.3 is 15.1 Å². The molecule has 1 aliphatic heterocycles. The van der Waals surface area contributed by atoms with Gasteiger partial charge in [0.05, 0.1) is 11.5 Å². The number of piperazine rings is 1. The number of hydrogen-bond donors (Lipinski definition) is 1. The Hall–Kier alpha value is -2.31. The van der Waals surface area contributed by atoms with E-state index in [1.54, 1.807) is 0 Å². The van der Waals surface area contributed by atoms with Gasteiger partial charge in [0.15, 0.2) is 0 Å². The van der Waals surface area contributed by atoms with Crippen LogP contribution in [0.25, 0.3) is 0 Å². The van der Waals surface area contributed by atoms with Crippen molar-refractivity contribution in [2.75, 3.05) is 62.5 Å². The monoisotopic (exact) mass is 460 g/mol. The standard InChI is InChI=1S/C25H34ClFN4O/c1-25(2,18-26)24(32)28-17-23(19-5-9-21(10-6-19)29(3)4)31-15-13-30(14-16-31)22-11-7-20(27)8-12-22/h5-12,23H,13-18H2,1-4H3,(H,28,32)/t23-/m0/s1. The molecule has 2 aromatic carbocycles. The highest BCUT2D eigenvalue weighted by Crippen LogP contribution is 2.26. The van der Waals surface area contributed by atoms with Crippen molar-refractivity contribution in [3.63, 3.8) is 0 Å². The molecule has 1 fully saturated rings. The Balaban J connectivity index is 1.73. The van der Waals surface area contributed by atoms with Gasteiger partial charge in [-0.1, -0.05) is 12.1 Å². The molecular weight excluding hydrogens is 427 g/mol. The zero-order valence-corrected chi connectivity index (χ0v) is 20.2. The maximum Gasteiger partial charge on any atom is 0.226 e. The molecule has 1 aliphatic rings. The number of nitrogens with one attached hydrogen (secondary N) is 1. The van der Waals surface area contributed by atoms with Gasteiger partial charge in [-0.2, -0.15) is 0 Å². The summed E-state index contributed by atoms with van der Waals surface area (Å²) in [4.78, 5) is 19.4. The van der Waals surface area contributed by atoms with Gasteiger partial charge in [0, 0.05) is 64.1 Å². The first-order valence-corrected chi connectivity index (χ1v) is 11.6. The third kappa shape index (κ3) is 5.93. The van der Waals surface area contributed by atoms with E-state index < -0.39 is 5.41 Å². The van der Waals surface area contributed by atoms with Gasteiger partial charge >= 0.3 is 0 Å². The molecule has 32 heavy (non-hydrogen) atoms. The molecule has 1 atom stereocenters. The highest BCUT2D eigenvalue weighted by atomic mass is 35.5. The van der Waals surface area contributed by atoms with E-state index in [1.807, 2.05) is 40.1 Å². The van der Waals surface area contributed by atoms with Crippen LogP contribution in [0.2, 0.25) is 0 Å². The van der Waals surface area contributed by atoms with E-state index in [1.165, 1.54) is 17.7 Å². The first-order valence-electron chi connectivity index (χ1n) is 11.1. The van der Waals surface area contributed by atoms with E-state index in [-0.39, 0.29) is 23.6 Å². The summed E-state index contributed by atoms with van der Waals surface area (Å²) in [5.74, 6) is 0.0220. The Morgan fingerprint density at radius 2 is 1.66 bits per heavy atom. The van der Waals surface area contributed by atoms with Crippen molar-refractivity contribution in [2.24, 2.45) is 5.41 Å². The first-order chi connectivity index (χ1) is 15.2. The van der Waals surface area contributed by atoms with Crippen molar-refractivity contribution < 1.29 is 9.18 Å². The molecule has 3 rings (SSSR count). The molecule has 0 saturated carbocycles. The van der Waals surface area contributed by atoms with Gasteiger partial charge in [0.1, 0.15) is 5.82 Å². The van der Waals surface area contributed by atoms with Gasteiger partial charge in [-0.3, -0.25) is 9.69 Å². The van der Waals surface area contributed by atoms with Crippen LogP contribution in [-0.4, -0.2) is 63.5 Å². The molecule has 0 bridgehead atoms. The lowest BCUT2D eigenvalue weighted by Gasteiger charge is -2.41. The van der Waals surface area contributed by atoms with Crippen molar-refractivity contribution in [3.05, 3.63) is 59.9 Å². The predicted molar refractivity (Wildman–Crippen MR) is 131 cm³/mol. The second-order valence-corrected chi connectivity index (χ2v) is 9.50. The van der Waals surface area contributed by atoms with Crippen LogP contribution >= 0.6 is 11.6 Å².